The van der Waals surface area contributed by atoms with Crippen LogP contribution in [0.1, 0.15) is 18.1 Å². The zero-order valence-electron chi connectivity index (χ0n) is 8.77. The van der Waals surface area contributed by atoms with Crippen molar-refractivity contribution in [2.45, 2.75) is 12.5 Å². The van der Waals surface area contributed by atoms with E-state index in [4.69, 9.17) is 15.0 Å². The number of nitrogens with one attached hydrogen (secondary N) is 1. The van der Waals surface area contributed by atoms with Crippen molar-refractivity contribution in [3.63, 3.8) is 0 Å². The van der Waals surface area contributed by atoms with Crippen molar-refractivity contribution >= 4 is 5.87 Å². The second-order valence-corrected chi connectivity index (χ2v) is 3.40. The van der Waals surface area contributed by atoms with Crippen molar-refractivity contribution in [2.24, 2.45) is 0 Å². The molecule has 2 rings (SSSR count). The SMILES string of the molecule is COc1ccc(C2CC(=C=N)[N+](=O)O2)cc1. The van der Waals surface area contributed by atoms with E-state index in [0.717, 1.165) is 11.3 Å². The number of hydrogen-bond acceptors (Lipinski definition) is 4. The van der Waals surface area contributed by atoms with E-state index in [9.17, 15) is 4.91 Å². The molecule has 1 saturated heterocycles. The highest BCUT2D eigenvalue weighted by Crippen LogP contribution is 2.32. The first kappa shape index (κ1) is 10.4. The van der Waals surface area contributed by atoms with Gasteiger partial charge in [-0.05, 0) is 12.1 Å². The third-order valence-corrected chi connectivity index (χ3v) is 2.45. The topological polar surface area (TPSA) is 62.4 Å². The first-order chi connectivity index (χ1) is 7.74. The average Bonchev–Trinajstić information content (AvgIpc) is 2.71. The second kappa shape index (κ2) is 4.16. The molecule has 1 aliphatic heterocycles. The van der Waals surface area contributed by atoms with Crippen molar-refractivity contribution in [1.29, 1.82) is 5.41 Å². The molecule has 0 radical (unpaired) electrons. The fourth-order valence-corrected chi connectivity index (χ4v) is 1.56. The first-order valence-corrected chi connectivity index (χ1v) is 4.81. The van der Waals surface area contributed by atoms with E-state index in [-0.39, 0.29) is 11.8 Å². The van der Waals surface area contributed by atoms with Crippen molar-refractivity contribution in [3.05, 3.63) is 40.4 Å². The molecule has 0 aliphatic carbocycles. The number of methoxy groups -OCH3 is 1. The van der Waals surface area contributed by atoms with E-state index in [0.29, 0.717) is 11.3 Å². The Morgan fingerprint density at radius 2 is 2.19 bits per heavy atom. The molecule has 16 heavy (non-hydrogen) atoms. The fraction of sp³-hybridized carbons (Fsp3) is 0.273. The van der Waals surface area contributed by atoms with Gasteiger partial charge in [0.2, 0.25) is 6.10 Å². The van der Waals surface area contributed by atoms with Gasteiger partial charge in [0, 0.05) is 5.56 Å². The van der Waals surface area contributed by atoms with Crippen LogP contribution in [-0.4, -0.2) is 17.9 Å². The quantitative estimate of drug-likeness (QED) is 0.773. The Morgan fingerprint density at radius 3 is 2.69 bits per heavy atom. The maximum absolute atomic E-state index is 11.2. The van der Waals surface area contributed by atoms with Gasteiger partial charge in [0.1, 0.15) is 12.2 Å². The van der Waals surface area contributed by atoms with Crippen LogP contribution in [0, 0.1) is 10.3 Å². The van der Waals surface area contributed by atoms with Gasteiger partial charge < -0.3 is 4.74 Å². The van der Waals surface area contributed by atoms with Crippen LogP contribution in [0.5, 0.6) is 5.75 Å². The molecule has 1 atom stereocenters. The molecule has 1 unspecified atom stereocenters. The van der Waals surface area contributed by atoms with Gasteiger partial charge in [-0.25, -0.2) is 4.84 Å². The van der Waals surface area contributed by atoms with Gasteiger partial charge in [-0.1, -0.05) is 12.1 Å². The highest BCUT2D eigenvalue weighted by molar-refractivity contribution is 5.51. The van der Waals surface area contributed by atoms with Gasteiger partial charge in [-0.15, -0.1) is 0 Å². The van der Waals surface area contributed by atoms with Gasteiger partial charge in [0.25, 0.3) is 4.92 Å². The van der Waals surface area contributed by atoms with Crippen LogP contribution in [0.3, 0.4) is 0 Å². The molecule has 0 saturated carbocycles. The van der Waals surface area contributed by atoms with Crippen molar-refractivity contribution in [3.8, 4) is 5.75 Å². The molecule has 1 aromatic rings. The Morgan fingerprint density at radius 1 is 1.50 bits per heavy atom. The van der Waals surface area contributed by atoms with Crippen molar-refractivity contribution < 1.29 is 14.5 Å². The van der Waals surface area contributed by atoms with E-state index in [1.807, 2.05) is 12.1 Å². The van der Waals surface area contributed by atoms with Crippen LogP contribution in [0.15, 0.2) is 30.0 Å². The van der Waals surface area contributed by atoms with Crippen LogP contribution >= 0.6 is 0 Å². The molecule has 82 valence electrons. The zero-order chi connectivity index (χ0) is 11.5. The van der Waals surface area contributed by atoms with Crippen LogP contribution in [-0.2, 0) is 4.84 Å². The van der Waals surface area contributed by atoms with Crippen LogP contribution in [0.4, 0.5) is 0 Å². The summed E-state index contributed by atoms with van der Waals surface area (Å²) in [5.74, 6) is 2.82. The largest absolute Gasteiger partial charge is 0.497 e. The minimum absolute atomic E-state index is 0.209. The number of rotatable bonds is 2. The Kier molecular flexibility index (Phi) is 2.70. The van der Waals surface area contributed by atoms with Crippen LogP contribution in [0.25, 0.3) is 0 Å². The maximum Gasteiger partial charge on any atom is 0.357 e. The summed E-state index contributed by atoms with van der Waals surface area (Å²) in [6.07, 6.45) is 0.0375. The summed E-state index contributed by atoms with van der Waals surface area (Å²) in [7, 11) is 1.59. The minimum Gasteiger partial charge on any atom is -0.497 e. The third-order valence-electron chi connectivity index (χ3n) is 2.45. The lowest BCUT2D eigenvalue weighted by Crippen LogP contribution is -1.99. The van der Waals surface area contributed by atoms with Crippen molar-refractivity contribution in [2.75, 3.05) is 7.11 Å². The molecule has 1 fully saturated rings. The molecule has 0 aromatic heterocycles. The fourth-order valence-electron chi connectivity index (χ4n) is 1.56. The smallest absolute Gasteiger partial charge is 0.357 e. The van der Waals surface area contributed by atoms with E-state index in [1.54, 1.807) is 19.2 Å². The Bertz CT molecular complexity index is 461. The van der Waals surface area contributed by atoms with Crippen LogP contribution in [0.2, 0.25) is 0 Å². The predicted octanol–water partition coefficient (Wildman–Crippen LogP) is 1.98. The molecule has 5 nitrogen and oxygen atoms in total. The van der Waals surface area contributed by atoms with Gasteiger partial charge in [-0.3, -0.25) is 5.41 Å². The van der Waals surface area contributed by atoms with Gasteiger partial charge in [0.15, 0.2) is 0 Å². The predicted molar refractivity (Wildman–Crippen MR) is 56.3 cm³/mol. The lowest BCUT2D eigenvalue weighted by atomic mass is 10.1. The highest BCUT2D eigenvalue weighted by atomic mass is 16.8. The zero-order valence-corrected chi connectivity index (χ0v) is 8.77. The summed E-state index contributed by atoms with van der Waals surface area (Å²) in [4.78, 5) is 16.6. The van der Waals surface area contributed by atoms with Crippen LogP contribution < -0.4 is 4.74 Å². The van der Waals surface area contributed by atoms with Crippen molar-refractivity contribution in [1.82, 2.24) is 0 Å². The second-order valence-electron chi connectivity index (χ2n) is 3.40. The lowest BCUT2D eigenvalue weighted by Gasteiger charge is -2.04. The number of benzene rings is 1. The molecule has 0 spiro atoms. The lowest BCUT2D eigenvalue weighted by molar-refractivity contribution is -0.758. The van der Waals surface area contributed by atoms with Gasteiger partial charge in [0.05, 0.1) is 17.9 Å². The molecule has 0 amide bonds. The number of hydrogen-bond donors (Lipinski definition) is 1. The molecule has 1 aliphatic rings. The molecule has 1 heterocycles. The minimum atomic E-state index is -0.337. The Balaban J connectivity index is 2.20. The Labute approximate surface area is 92.3 Å². The van der Waals surface area contributed by atoms with E-state index < -0.39 is 0 Å². The summed E-state index contributed by atoms with van der Waals surface area (Å²) in [5.41, 5.74) is 1.09. The molecule has 1 N–H and O–H groups in total. The molecular formula is C11H11N2O3+. The summed E-state index contributed by atoms with van der Waals surface area (Å²) in [5, 5.41) is 6.92. The molecule has 0 bridgehead atoms. The van der Waals surface area contributed by atoms with E-state index in [1.165, 1.54) is 0 Å². The summed E-state index contributed by atoms with van der Waals surface area (Å²) >= 11 is 0. The normalized spacial score (nSPS) is 19.2. The van der Waals surface area contributed by atoms with Gasteiger partial charge in [-0.2, -0.15) is 0 Å². The van der Waals surface area contributed by atoms with Gasteiger partial charge >= 0.3 is 5.70 Å². The maximum atomic E-state index is 11.2. The summed E-state index contributed by atoms with van der Waals surface area (Å²) < 4.78 is 5.03. The monoisotopic (exact) mass is 219 g/mol. The Hall–Kier alpha value is -2.13. The molecule has 1 aromatic carbocycles. The highest BCUT2D eigenvalue weighted by Gasteiger charge is 2.39. The molecular weight excluding hydrogens is 208 g/mol. The first-order valence-electron chi connectivity index (χ1n) is 4.81. The molecule has 5 heteroatoms. The standard InChI is InChI=1S/C11H11N2O3/c1-15-10-4-2-8(3-5-10)11-6-9(7-12)13(14)16-11/h2-5,11-12H,6H2,1H3/q+1. The average molecular weight is 219 g/mol. The number of ether oxygens (including phenoxy) is 1. The summed E-state index contributed by atoms with van der Waals surface area (Å²) in [6, 6.07) is 7.29. The van der Waals surface area contributed by atoms with E-state index >= 15 is 0 Å². The third kappa shape index (κ3) is 1.81. The number of nitrogens with zero attached hydrogens (tertiary/aromatic N) is 1. The summed E-state index contributed by atoms with van der Waals surface area (Å²) in [6.45, 7) is 0. The van der Waals surface area contributed by atoms with E-state index in [2.05, 4.69) is 5.87 Å².